The third-order valence-corrected chi connectivity index (χ3v) is 3.65. The lowest BCUT2D eigenvalue weighted by molar-refractivity contribution is -0.117. The lowest BCUT2D eigenvalue weighted by atomic mass is 10.1. The van der Waals surface area contributed by atoms with E-state index in [2.05, 4.69) is 5.10 Å². The Morgan fingerprint density at radius 2 is 2.10 bits per heavy atom. The summed E-state index contributed by atoms with van der Waals surface area (Å²) in [7, 11) is 1.85. The van der Waals surface area contributed by atoms with Crippen molar-refractivity contribution in [3.8, 4) is 0 Å². The Morgan fingerprint density at radius 1 is 1.29 bits per heavy atom. The Bertz CT molecular complexity index is 609. The van der Waals surface area contributed by atoms with E-state index < -0.39 is 0 Å². The van der Waals surface area contributed by atoms with Gasteiger partial charge in [0.1, 0.15) is 0 Å². The smallest absolute Gasteiger partial charge is 0.228 e. The van der Waals surface area contributed by atoms with Crippen molar-refractivity contribution in [2.45, 2.75) is 13.0 Å². The van der Waals surface area contributed by atoms with Gasteiger partial charge >= 0.3 is 0 Å². The monoisotopic (exact) mass is 285 g/mol. The first-order valence-corrected chi connectivity index (χ1v) is 7.14. The minimum Gasteiger partial charge on any atom is -0.376 e. The Labute approximate surface area is 124 Å². The van der Waals surface area contributed by atoms with E-state index in [9.17, 15) is 4.79 Å². The van der Waals surface area contributed by atoms with Gasteiger partial charge < -0.3 is 4.74 Å². The summed E-state index contributed by atoms with van der Waals surface area (Å²) in [4.78, 5) is 13.8. The van der Waals surface area contributed by atoms with E-state index in [1.807, 2.05) is 49.6 Å². The molecule has 1 fully saturated rings. The molecule has 0 N–H and O–H groups in total. The van der Waals surface area contributed by atoms with Crippen molar-refractivity contribution >= 4 is 11.7 Å². The molecule has 1 aromatic heterocycles. The normalized spacial score (nSPS) is 18.4. The molecule has 0 saturated carbocycles. The average molecular weight is 285 g/mol. The van der Waals surface area contributed by atoms with E-state index in [1.54, 1.807) is 9.58 Å². The van der Waals surface area contributed by atoms with Gasteiger partial charge in [-0.1, -0.05) is 30.3 Å². The molecule has 110 valence electrons. The van der Waals surface area contributed by atoms with Crippen LogP contribution in [0.3, 0.4) is 0 Å². The van der Waals surface area contributed by atoms with Gasteiger partial charge in [0.05, 0.1) is 13.2 Å². The first-order valence-electron chi connectivity index (χ1n) is 7.14. The minimum absolute atomic E-state index is 0.127. The molecule has 2 heterocycles. The zero-order valence-corrected chi connectivity index (χ0v) is 12.1. The third kappa shape index (κ3) is 3.31. The second-order valence-electron chi connectivity index (χ2n) is 5.42. The second kappa shape index (κ2) is 6.10. The molecule has 1 aliphatic heterocycles. The Balaban J connectivity index is 1.51. The number of benzene rings is 1. The van der Waals surface area contributed by atoms with E-state index in [0.29, 0.717) is 26.2 Å². The first-order chi connectivity index (χ1) is 10.2. The Kier molecular flexibility index (Phi) is 4.01. The molecule has 1 amide bonds. The summed E-state index contributed by atoms with van der Waals surface area (Å²) in [5.41, 5.74) is 1.16. The fraction of sp³-hybridized carbons (Fsp3) is 0.375. The Hall–Kier alpha value is -2.14. The number of rotatable bonds is 5. The van der Waals surface area contributed by atoms with Crippen LogP contribution in [0, 0.1) is 5.92 Å². The van der Waals surface area contributed by atoms with Gasteiger partial charge in [-0.3, -0.25) is 14.4 Å². The van der Waals surface area contributed by atoms with Gasteiger partial charge in [0.2, 0.25) is 5.91 Å². The lowest BCUT2D eigenvalue weighted by Crippen LogP contribution is -2.25. The standard InChI is InChI=1S/C16H19N3O2/c1-18-8-7-15(17-18)19-10-14(9-16(19)20)12-21-11-13-5-3-2-4-6-13/h2-8,14H,9-12H2,1H3/t14-/m0/s1. The summed E-state index contributed by atoms with van der Waals surface area (Å²) >= 11 is 0. The zero-order chi connectivity index (χ0) is 14.7. The third-order valence-electron chi connectivity index (χ3n) is 3.65. The van der Waals surface area contributed by atoms with Crippen LogP contribution in [0.25, 0.3) is 0 Å². The van der Waals surface area contributed by atoms with E-state index in [0.717, 1.165) is 11.4 Å². The molecule has 21 heavy (non-hydrogen) atoms. The molecule has 0 aliphatic carbocycles. The van der Waals surface area contributed by atoms with Gasteiger partial charge in [0, 0.05) is 38.2 Å². The van der Waals surface area contributed by atoms with Crippen LogP contribution in [0.1, 0.15) is 12.0 Å². The van der Waals surface area contributed by atoms with Crippen molar-refractivity contribution in [3.05, 3.63) is 48.2 Å². The average Bonchev–Trinajstić information content (AvgIpc) is 3.06. The first kappa shape index (κ1) is 13.8. The van der Waals surface area contributed by atoms with Crippen molar-refractivity contribution in [2.24, 2.45) is 13.0 Å². The molecule has 1 saturated heterocycles. The van der Waals surface area contributed by atoms with Crippen LogP contribution in [0.15, 0.2) is 42.6 Å². The van der Waals surface area contributed by atoms with Crippen LogP contribution in [-0.4, -0.2) is 28.8 Å². The number of ether oxygens (including phenoxy) is 1. The number of hydrogen-bond acceptors (Lipinski definition) is 3. The molecule has 1 aromatic carbocycles. The quantitative estimate of drug-likeness (QED) is 0.844. The van der Waals surface area contributed by atoms with Crippen LogP contribution >= 0.6 is 0 Å². The molecule has 0 radical (unpaired) electrons. The highest BCUT2D eigenvalue weighted by atomic mass is 16.5. The maximum Gasteiger partial charge on any atom is 0.228 e. The molecular weight excluding hydrogens is 266 g/mol. The molecular formula is C16H19N3O2. The topological polar surface area (TPSA) is 47.4 Å². The molecule has 0 bridgehead atoms. The van der Waals surface area contributed by atoms with Gasteiger partial charge in [0.15, 0.2) is 5.82 Å². The number of carbonyl (C=O) groups is 1. The number of nitrogens with zero attached hydrogens (tertiary/aromatic N) is 3. The predicted molar refractivity (Wildman–Crippen MR) is 79.8 cm³/mol. The fourth-order valence-electron chi connectivity index (χ4n) is 2.58. The van der Waals surface area contributed by atoms with Crippen molar-refractivity contribution < 1.29 is 9.53 Å². The number of carbonyl (C=O) groups excluding carboxylic acids is 1. The number of hydrogen-bond donors (Lipinski definition) is 0. The summed E-state index contributed by atoms with van der Waals surface area (Å²) in [6.45, 7) is 1.88. The van der Waals surface area contributed by atoms with Gasteiger partial charge in [-0.25, -0.2) is 0 Å². The lowest BCUT2D eigenvalue weighted by Gasteiger charge is -2.13. The molecule has 5 heteroatoms. The summed E-state index contributed by atoms with van der Waals surface area (Å²) in [6, 6.07) is 11.9. The maximum atomic E-state index is 12.0. The van der Waals surface area contributed by atoms with Gasteiger partial charge in [0.25, 0.3) is 0 Å². The molecule has 3 rings (SSSR count). The number of amides is 1. The van der Waals surface area contributed by atoms with Crippen molar-refractivity contribution in [2.75, 3.05) is 18.1 Å². The number of anilines is 1. The maximum absolute atomic E-state index is 12.0. The number of aromatic nitrogens is 2. The highest BCUT2D eigenvalue weighted by Crippen LogP contribution is 2.23. The summed E-state index contributed by atoms with van der Waals surface area (Å²) in [6.07, 6.45) is 2.38. The van der Waals surface area contributed by atoms with Gasteiger partial charge in [-0.2, -0.15) is 5.10 Å². The highest BCUT2D eigenvalue weighted by molar-refractivity contribution is 5.94. The largest absolute Gasteiger partial charge is 0.376 e. The Morgan fingerprint density at radius 3 is 2.81 bits per heavy atom. The zero-order valence-electron chi connectivity index (χ0n) is 12.1. The van der Waals surface area contributed by atoms with Crippen molar-refractivity contribution in [1.82, 2.24) is 9.78 Å². The SMILES string of the molecule is Cn1ccc(N2C[C@@H](COCc3ccccc3)CC2=O)n1. The number of aryl methyl sites for hydroxylation is 1. The molecule has 0 unspecified atom stereocenters. The van der Waals surface area contributed by atoms with Crippen molar-refractivity contribution in [1.29, 1.82) is 0 Å². The van der Waals surface area contributed by atoms with Crippen LogP contribution in [0.2, 0.25) is 0 Å². The van der Waals surface area contributed by atoms with Gasteiger partial charge in [-0.15, -0.1) is 0 Å². The molecule has 1 atom stereocenters. The van der Waals surface area contributed by atoms with E-state index >= 15 is 0 Å². The van der Waals surface area contributed by atoms with Crippen LogP contribution in [0.4, 0.5) is 5.82 Å². The van der Waals surface area contributed by atoms with Crippen molar-refractivity contribution in [3.63, 3.8) is 0 Å². The second-order valence-corrected chi connectivity index (χ2v) is 5.42. The molecule has 1 aliphatic rings. The highest BCUT2D eigenvalue weighted by Gasteiger charge is 2.31. The molecule has 5 nitrogen and oxygen atoms in total. The van der Waals surface area contributed by atoms with Crippen LogP contribution in [-0.2, 0) is 23.2 Å². The predicted octanol–water partition coefficient (Wildman–Crippen LogP) is 1.99. The molecule has 0 spiro atoms. The summed E-state index contributed by atoms with van der Waals surface area (Å²) in [5, 5.41) is 4.29. The van der Waals surface area contributed by atoms with Crippen LogP contribution in [0.5, 0.6) is 0 Å². The molecule has 2 aromatic rings. The van der Waals surface area contributed by atoms with E-state index in [-0.39, 0.29) is 11.8 Å². The summed E-state index contributed by atoms with van der Waals surface area (Å²) < 4.78 is 7.45. The van der Waals surface area contributed by atoms with E-state index in [1.165, 1.54) is 0 Å². The fourth-order valence-corrected chi connectivity index (χ4v) is 2.58. The minimum atomic E-state index is 0.127. The summed E-state index contributed by atoms with van der Waals surface area (Å²) in [5.74, 6) is 1.10. The van der Waals surface area contributed by atoms with E-state index in [4.69, 9.17) is 4.74 Å². The van der Waals surface area contributed by atoms with Gasteiger partial charge in [-0.05, 0) is 5.56 Å². The van der Waals surface area contributed by atoms with Crippen LogP contribution < -0.4 is 4.90 Å².